The summed E-state index contributed by atoms with van der Waals surface area (Å²) in [5.41, 5.74) is 3.81. The first kappa shape index (κ1) is 21.2. The number of ether oxygens (including phenoxy) is 1. The molecule has 0 N–H and O–H groups in total. The van der Waals surface area contributed by atoms with Crippen LogP contribution in [0.4, 0.5) is 0 Å². The van der Waals surface area contributed by atoms with Crippen molar-refractivity contribution in [3.63, 3.8) is 0 Å². The molecule has 1 fully saturated rings. The zero-order chi connectivity index (χ0) is 22.6. The van der Waals surface area contributed by atoms with Gasteiger partial charge in [-0.2, -0.15) is 0 Å². The second-order valence-electron chi connectivity index (χ2n) is 8.34. The van der Waals surface area contributed by atoms with Crippen molar-refractivity contribution in [2.75, 3.05) is 33.3 Å². The van der Waals surface area contributed by atoms with Gasteiger partial charge in [0.1, 0.15) is 11.6 Å². The molecule has 1 saturated heterocycles. The molecule has 168 valence electrons. The molecule has 3 heterocycles. The van der Waals surface area contributed by atoms with Crippen LogP contribution in [0.5, 0.6) is 5.75 Å². The van der Waals surface area contributed by atoms with Gasteiger partial charge in [0.25, 0.3) is 5.91 Å². The van der Waals surface area contributed by atoms with Crippen molar-refractivity contribution in [1.29, 1.82) is 0 Å². The van der Waals surface area contributed by atoms with Gasteiger partial charge in [0.2, 0.25) is 0 Å². The molecule has 7 heteroatoms. The average Bonchev–Trinajstić information content (AvgIpc) is 3.27. The number of methoxy groups -OCH3 is 1. The van der Waals surface area contributed by atoms with E-state index in [0.29, 0.717) is 12.0 Å². The third-order valence-corrected chi connectivity index (χ3v) is 6.15. The van der Waals surface area contributed by atoms with Gasteiger partial charge in [-0.05, 0) is 35.4 Å². The van der Waals surface area contributed by atoms with Crippen molar-refractivity contribution in [1.82, 2.24) is 24.4 Å². The summed E-state index contributed by atoms with van der Waals surface area (Å²) in [6.45, 7) is 4.12. The molecule has 0 atom stereocenters. The maximum atomic E-state index is 13.2. The number of amides is 1. The van der Waals surface area contributed by atoms with Crippen molar-refractivity contribution in [2.45, 2.75) is 13.0 Å². The van der Waals surface area contributed by atoms with Gasteiger partial charge >= 0.3 is 0 Å². The number of hydrogen-bond acceptors (Lipinski definition) is 5. The lowest BCUT2D eigenvalue weighted by Crippen LogP contribution is -2.48. The number of carbonyl (C=O) groups excluding carboxylic acids is 1. The van der Waals surface area contributed by atoms with Gasteiger partial charge in [-0.3, -0.25) is 14.1 Å². The van der Waals surface area contributed by atoms with Crippen LogP contribution >= 0.6 is 0 Å². The van der Waals surface area contributed by atoms with Crippen LogP contribution in [0.2, 0.25) is 0 Å². The largest absolute Gasteiger partial charge is 0.497 e. The SMILES string of the molecule is COc1ccc(Cc2nnc3ccc(C(=O)N4CCN(Cc5ccccc5)CC4)cn23)cc1. The van der Waals surface area contributed by atoms with Gasteiger partial charge in [-0.25, -0.2) is 0 Å². The molecular formula is C26H27N5O2. The lowest BCUT2D eigenvalue weighted by molar-refractivity contribution is 0.0628. The molecule has 0 unspecified atom stereocenters. The van der Waals surface area contributed by atoms with E-state index in [9.17, 15) is 4.79 Å². The van der Waals surface area contributed by atoms with Crippen molar-refractivity contribution in [3.05, 3.63) is 95.4 Å². The topological polar surface area (TPSA) is 63.0 Å². The number of aromatic nitrogens is 3. The van der Waals surface area contributed by atoms with Crippen LogP contribution in [-0.2, 0) is 13.0 Å². The summed E-state index contributed by atoms with van der Waals surface area (Å²) in [4.78, 5) is 17.5. The number of carbonyl (C=O) groups is 1. The minimum atomic E-state index is 0.0559. The fourth-order valence-corrected chi connectivity index (χ4v) is 4.24. The molecule has 1 aliphatic heterocycles. The summed E-state index contributed by atoms with van der Waals surface area (Å²) in [7, 11) is 1.66. The fourth-order valence-electron chi connectivity index (χ4n) is 4.24. The molecule has 0 aliphatic carbocycles. The van der Waals surface area contributed by atoms with E-state index in [-0.39, 0.29) is 5.91 Å². The zero-order valence-corrected chi connectivity index (χ0v) is 18.7. The molecule has 0 saturated carbocycles. The first-order valence-corrected chi connectivity index (χ1v) is 11.2. The van der Waals surface area contributed by atoms with E-state index in [4.69, 9.17) is 4.74 Å². The number of pyridine rings is 1. The van der Waals surface area contributed by atoms with Crippen molar-refractivity contribution < 1.29 is 9.53 Å². The Morgan fingerprint density at radius 3 is 2.36 bits per heavy atom. The minimum Gasteiger partial charge on any atom is -0.497 e. The smallest absolute Gasteiger partial charge is 0.255 e. The van der Waals surface area contributed by atoms with Crippen LogP contribution in [0.3, 0.4) is 0 Å². The summed E-state index contributed by atoms with van der Waals surface area (Å²) < 4.78 is 7.15. The second-order valence-corrected chi connectivity index (χ2v) is 8.34. The second kappa shape index (κ2) is 9.42. The number of nitrogens with zero attached hydrogens (tertiary/aromatic N) is 5. The monoisotopic (exact) mass is 441 g/mol. The summed E-state index contributed by atoms with van der Waals surface area (Å²) in [6, 6.07) is 22.1. The Morgan fingerprint density at radius 1 is 0.879 bits per heavy atom. The number of fused-ring (bicyclic) bond motifs is 1. The standard InChI is InChI=1S/C26H27N5O2/c1-33-23-10-7-20(8-11-23)17-25-28-27-24-12-9-22(19-31(24)25)26(32)30-15-13-29(14-16-30)18-21-5-3-2-4-6-21/h2-12,19H,13-18H2,1H3. The maximum absolute atomic E-state index is 13.2. The maximum Gasteiger partial charge on any atom is 0.255 e. The van der Waals surface area contributed by atoms with E-state index in [2.05, 4.69) is 39.4 Å². The Labute approximate surface area is 193 Å². The lowest BCUT2D eigenvalue weighted by Gasteiger charge is -2.34. The molecule has 2 aromatic carbocycles. The van der Waals surface area contributed by atoms with Crippen molar-refractivity contribution >= 4 is 11.6 Å². The fraction of sp³-hybridized carbons (Fsp3) is 0.269. The number of benzene rings is 2. The van der Waals surface area contributed by atoms with Crippen LogP contribution in [0.1, 0.15) is 27.3 Å². The minimum absolute atomic E-state index is 0.0559. The molecule has 33 heavy (non-hydrogen) atoms. The Bertz CT molecular complexity index is 1230. The van der Waals surface area contributed by atoms with Gasteiger partial charge in [0.05, 0.1) is 12.7 Å². The normalized spacial score (nSPS) is 14.5. The molecule has 1 aliphatic rings. The Balaban J connectivity index is 1.26. The van der Waals surface area contributed by atoms with Crippen molar-refractivity contribution in [2.24, 2.45) is 0 Å². The number of hydrogen-bond donors (Lipinski definition) is 0. The summed E-state index contributed by atoms with van der Waals surface area (Å²) in [5, 5.41) is 8.61. The molecule has 0 spiro atoms. The molecular weight excluding hydrogens is 414 g/mol. The van der Waals surface area contributed by atoms with Gasteiger partial charge in [0, 0.05) is 45.3 Å². The van der Waals surface area contributed by atoms with E-state index in [1.807, 2.05) is 58.0 Å². The highest BCUT2D eigenvalue weighted by atomic mass is 16.5. The molecule has 0 bridgehead atoms. The van der Waals surface area contributed by atoms with E-state index < -0.39 is 0 Å². The lowest BCUT2D eigenvalue weighted by atomic mass is 10.1. The van der Waals surface area contributed by atoms with E-state index in [1.54, 1.807) is 7.11 Å². The summed E-state index contributed by atoms with van der Waals surface area (Å²) >= 11 is 0. The van der Waals surface area contributed by atoms with Crippen LogP contribution in [0.15, 0.2) is 72.9 Å². The van der Waals surface area contributed by atoms with Crippen LogP contribution in [0, 0.1) is 0 Å². The molecule has 5 rings (SSSR count). The van der Waals surface area contributed by atoms with Crippen molar-refractivity contribution in [3.8, 4) is 5.75 Å². The summed E-state index contributed by atoms with van der Waals surface area (Å²) in [5.74, 6) is 1.68. The molecule has 7 nitrogen and oxygen atoms in total. The highest BCUT2D eigenvalue weighted by Crippen LogP contribution is 2.17. The predicted octanol–water partition coefficient (Wildman–Crippen LogP) is 3.29. The van der Waals surface area contributed by atoms with Crippen LogP contribution < -0.4 is 4.74 Å². The van der Waals surface area contributed by atoms with Crippen LogP contribution in [-0.4, -0.2) is 63.6 Å². The van der Waals surface area contributed by atoms with Gasteiger partial charge in [0.15, 0.2) is 5.65 Å². The molecule has 0 radical (unpaired) electrons. The molecule has 4 aromatic rings. The van der Waals surface area contributed by atoms with Gasteiger partial charge in [-0.1, -0.05) is 42.5 Å². The Morgan fingerprint density at radius 2 is 1.64 bits per heavy atom. The van der Waals surface area contributed by atoms with Gasteiger partial charge in [-0.15, -0.1) is 10.2 Å². The number of piperazine rings is 1. The first-order valence-electron chi connectivity index (χ1n) is 11.2. The highest BCUT2D eigenvalue weighted by molar-refractivity contribution is 5.94. The Hall–Kier alpha value is -3.71. The third kappa shape index (κ3) is 4.73. The van der Waals surface area contributed by atoms with E-state index in [1.165, 1.54) is 5.56 Å². The van der Waals surface area contributed by atoms with Gasteiger partial charge < -0.3 is 9.64 Å². The molecule has 2 aromatic heterocycles. The van der Waals surface area contributed by atoms with E-state index >= 15 is 0 Å². The Kier molecular flexibility index (Phi) is 6.04. The zero-order valence-electron chi connectivity index (χ0n) is 18.7. The average molecular weight is 442 g/mol. The number of rotatable bonds is 6. The predicted molar refractivity (Wildman–Crippen MR) is 126 cm³/mol. The highest BCUT2D eigenvalue weighted by Gasteiger charge is 2.23. The summed E-state index contributed by atoms with van der Waals surface area (Å²) in [6.07, 6.45) is 2.49. The van der Waals surface area contributed by atoms with E-state index in [0.717, 1.165) is 55.5 Å². The first-order chi connectivity index (χ1) is 16.2. The quantitative estimate of drug-likeness (QED) is 0.460. The van der Waals surface area contributed by atoms with Crippen LogP contribution in [0.25, 0.3) is 5.65 Å². The third-order valence-electron chi connectivity index (χ3n) is 6.15. The molecule has 1 amide bonds.